The van der Waals surface area contributed by atoms with Gasteiger partial charge in [-0.05, 0) is 36.2 Å². The van der Waals surface area contributed by atoms with Crippen LogP contribution < -0.4 is 9.47 Å². The van der Waals surface area contributed by atoms with Crippen LogP contribution in [-0.4, -0.2) is 25.2 Å². The van der Waals surface area contributed by atoms with Gasteiger partial charge in [0.25, 0.3) is 0 Å². The van der Waals surface area contributed by atoms with Crippen LogP contribution in [0.4, 0.5) is 0 Å². The number of para-hydroxylation sites is 2. The molecule has 0 N–H and O–H groups in total. The summed E-state index contributed by atoms with van der Waals surface area (Å²) in [6, 6.07) is 25.5. The molecule has 3 rings (SSSR count). The van der Waals surface area contributed by atoms with E-state index in [1.165, 1.54) is 0 Å². The number of carbonyl (C=O) groups is 2. The van der Waals surface area contributed by atoms with E-state index in [4.69, 9.17) is 14.2 Å². The maximum Gasteiger partial charge on any atom is 0.342 e. The molecule has 0 aliphatic heterocycles. The van der Waals surface area contributed by atoms with Gasteiger partial charge in [0.05, 0.1) is 0 Å². The number of ether oxygens (including phenoxy) is 3. The molecule has 3 aromatic carbocycles. The summed E-state index contributed by atoms with van der Waals surface area (Å²) in [5.74, 6) is -0.0644. The van der Waals surface area contributed by atoms with E-state index in [-0.39, 0.29) is 30.9 Å². The summed E-state index contributed by atoms with van der Waals surface area (Å²) in [5.41, 5.74) is 1.26. The van der Waals surface area contributed by atoms with Gasteiger partial charge in [-0.3, -0.25) is 4.79 Å². The van der Waals surface area contributed by atoms with Gasteiger partial charge in [0, 0.05) is 6.42 Å². The molecule has 0 radical (unpaired) electrons. The maximum atomic E-state index is 12.4. The Morgan fingerprint density at radius 2 is 1.38 bits per heavy atom. The van der Waals surface area contributed by atoms with Crippen molar-refractivity contribution >= 4 is 11.9 Å². The van der Waals surface area contributed by atoms with Crippen molar-refractivity contribution in [2.45, 2.75) is 12.8 Å². The molecule has 0 atom stereocenters. The van der Waals surface area contributed by atoms with Crippen LogP contribution >= 0.6 is 0 Å². The highest BCUT2D eigenvalue weighted by Gasteiger charge is 2.16. The van der Waals surface area contributed by atoms with E-state index >= 15 is 0 Å². The topological polar surface area (TPSA) is 61.8 Å². The van der Waals surface area contributed by atoms with E-state index in [9.17, 15) is 9.59 Å². The Bertz CT molecular complexity index is 922. The molecule has 0 amide bonds. The van der Waals surface area contributed by atoms with Crippen molar-refractivity contribution in [3.05, 3.63) is 96.1 Å². The number of hydrogen-bond acceptors (Lipinski definition) is 5. The van der Waals surface area contributed by atoms with Gasteiger partial charge >= 0.3 is 11.9 Å². The van der Waals surface area contributed by atoms with E-state index in [1.54, 1.807) is 24.3 Å². The molecule has 0 bridgehead atoms. The fourth-order valence-corrected chi connectivity index (χ4v) is 2.68. The molecule has 0 spiro atoms. The van der Waals surface area contributed by atoms with Crippen LogP contribution in [0.2, 0.25) is 0 Å². The molecule has 29 heavy (non-hydrogen) atoms. The number of benzene rings is 3. The molecule has 0 unspecified atom stereocenters. The number of hydrogen-bond donors (Lipinski definition) is 0. The van der Waals surface area contributed by atoms with Crippen LogP contribution in [-0.2, 0) is 16.0 Å². The molecule has 0 saturated carbocycles. The van der Waals surface area contributed by atoms with Crippen molar-refractivity contribution in [2.75, 3.05) is 13.2 Å². The van der Waals surface area contributed by atoms with Gasteiger partial charge in [0.1, 0.15) is 30.3 Å². The summed E-state index contributed by atoms with van der Waals surface area (Å²) >= 11 is 0. The molecule has 0 aromatic heterocycles. The predicted molar refractivity (Wildman–Crippen MR) is 109 cm³/mol. The van der Waals surface area contributed by atoms with Gasteiger partial charge < -0.3 is 14.2 Å². The fraction of sp³-hybridized carbons (Fsp3) is 0.167. The third-order valence-electron chi connectivity index (χ3n) is 4.12. The largest absolute Gasteiger partial charge is 0.490 e. The minimum Gasteiger partial charge on any atom is -0.490 e. The molecule has 148 valence electrons. The summed E-state index contributed by atoms with van der Waals surface area (Å²) in [5, 5.41) is 0. The van der Waals surface area contributed by atoms with Crippen LogP contribution in [0.5, 0.6) is 11.5 Å². The van der Waals surface area contributed by atoms with Crippen molar-refractivity contribution < 1.29 is 23.8 Å². The van der Waals surface area contributed by atoms with Gasteiger partial charge in [0.2, 0.25) is 0 Å². The summed E-state index contributed by atoms with van der Waals surface area (Å²) in [6.07, 6.45) is 0.793. The Morgan fingerprint density at radius 3 is 2.14 bits per heavy atom. The monoisotopic (exact) mass is 390 g/mol. The Hall–Kier alpha value is -3.60. The van der Waals surface area contributed by atoms with Crippen LogP contribution in [0, 0.1) is 0 Å². The van der Waals surface area contributed by atoms with E-state index in [2.05, 4.69) is 0 Å². The van der Waals surface area contributed by atoms with Crippen LogP contribution in [0.3, 0.4) is 0 Å². The summed E-state index contributed by atoms with van der Waals surface area (Å²) in [6.45, 7) is 0.318. The molecule has 0 saturated heterocycles. The Labute approximate surface area is 169 Å². The Kier molecular flexibility index (Phi) is 7.41. The molecule has 0 fully saturated rings. The standard InChI is InChI=1S/C24H22O5/c25-23(16-15-19-9-3-1-4-10-19)29-22-14-8-7-13-21(22)24(26)28-18-17-27-20-11-5-2-6-12-20/h1-14H,15-18H2. The predicted octanol–water partition coefficient (Wildman–Crippen LogP) is 4.46. The highest BCUT2D eigenvalue weighted by Crippen LogP contribution is 2.20. The summed E-state index contributed by atoms with van der Waals surface area (Å²) < 4.78 is 16.1. The van der Waals surface area contributed by atoms with Gasteiger partial charge in [-0.15, -0.1) is 0 Å². The van der Waals surface area contributed by atoms with Gasteiger partial charge in [-0.25, -0.2) is 4.79 Å². The second kappa shape index (κ2) is 10.7. The third kappa shape index (κ3) is 6.50. The first-order valence-electron chi connectivity index (χ1n) is 9.41. The Balaban J connectivity index is 1.49. The quantitative estimate of drug-likeness (QED) is 0.307. The van der Waals surface area contributed by atoms with E-state index in [0.717, 1.165) is 5.56 Å². The van der Waals surface area contributed by atoms with Gasteiger partial charge in [-0.2, -0.15) is 0 Å². The number of esters is 2. The molecular weight excluding hydrogens is 368 g/mol. The average molecular weight is 390 g/mol. The zero-order valence-electron chi connectivity index (χ0n) is 16.0. The van der Waals surface area contributed by atoms with Crippen LogP contribution in [0.1, 0.15) is 22.3 Å². The Morgan fingerprint density at radius 1 is 0.724 bits per heavy atom. The first kappa shape index (κ1) is 20.1. The third-order valence-corrected chi connectivity index (χ3v) is 4.12. The van der Waals surface area contributed by atoms with Gasteiger partial charge in [0.15, 0.2) is 0 Å². The highest BCUT2D eigenvalue weighted by atomic mass is 16.6. The second-order valence-electron chi connectivity index (χ2n) is 6.25. The average Bonchev–Trinajstić information content (AvgIpc) is 2.77. The summed E-state index contributed by atoms with van der Waals surface area (Å²) in [7, 11) is 0. The minimum atomic E-state index is -0.562. The molecule has 3 aromatic rings. The molecular formula is C24H22O5. The van der Waals surface area contributed by atoms with Crippen molar-refractivity contribution in [3.8, 4) is 11.5 Å². The first-order chi connectivity index (χ1) is 14.2. The van der Waals surface area contributed by atoms with E-state index < -0.39 is 11.9 Å². The molecule has 5 nitrogen and oxygen atoms in total. The lowest BCUT2D eigenvalue weighted by molar-refractivity contribution is -0.134. The second-order valence-corrected chi connectivity index (χ2v) is 6.25. The van der Waals surface area contributed by atoms with E-state index in [0.29, 0.717) is 12.2 Å². The molecule has 0 aliphatic rings. The van der Waals surface area contributed by atoms with Gasteiger partial charge in [-0.1, -0.05) is 60.7 Å². The van der Waals surface area contributed by atoms with Crippen molar-refractivity contribution in [1.29, 1.82) is 0 Å². The molecule has 5 heteroatoms. The van der Waals surface area contributed by atoms with Crippen LogP contribution in [0.25, 0.3) is 0 Å². The van der Waals surface area contributed by atoms with Crippen molar-refractivity contribution in [3.63, 3.8) is 0 Å². The minimum absolute atomic E-state index is 0.0873. The SMILES string of the molecule is O=C(CCc1ccccc1)Oc1ccccc1C(=O)OCCOc1ccccc1. The zero-order valence-corrected chi connectivity index (χ0v) is 16.0. The number of rotatable bonds is 9. The zero-order chi connectivity index (χ0) is 20.3. The number of carbonyl (C=O) groups excluding carboxylic acids is 2. The maximum absolute atomic E-state index is 12.4. The highest BCUT2D eigenvalue weighted by molar-refractivity contribution is 5.93. The first-order valence-corrected chi connectivity index (χ1v) is 9.41. The van der Waals surface area contributed by atoms with Crippen LogP contribution in [0.15, 0.2) is 84.9 Å². The smallest absolute Gasteiger partial charge is 0.342 e. The normalized spacial score (nSPS) is 10.2. The lowest BCUT2D eigenvalue weighted by Crippen LogP contribution is -2.15. The molecule has 0 heterocycles. The molecule has 0 aliphatic carbocycles. The summed E-state index contributed by atoms with van der Waals surface area (Å²) in [4.78, 5) is 24.6. The lowest BCUT2D eigenvalue weighted by atomic mass is 10.1. The van der Waals surface area contributed by atoms with Crippen molar-refractivity contribution in [1.82, 2.24) is 0 Å². The fourth-order valence-electron chi connectivity index (χ4n) is 2.68. The van der Waals surface area contributed by atoms with E-state index in [1.807, 2.05) is 60.7 Å². The number of aryl methyl sites for hydroxylation is 1. The van der Waals surface area contributed by atoms with Crippen molar-refractivity contribution in [2.24, 2.45) is 0 Å². The lowest BCUT2D eigenvalue weighted by Gasteiger charge is -2.11.